The lowest BCUT2D eigenvalue weighted by molar-refractivity contribution is 1.07. The fraction of sp³-hybridized carbons (Fsp3) is 0.0714. The smallest absolute Gasteiger partial charge is 0.177 e. The number of rotatable bonds is 4. The Bertz CT molecular complexity index is 579. The van der Waals surface area contributed by atoms with Crippen LogP contribution >= 0.6 is 0 Å². The number of aromatic nitrogens is 3. The summed E-state index contributed by atoms with van der Waals surface area (Å²) in [6, 6.07) is 9.87. The molecule has 1 aromatic heterocycles. The van der Waals surface area contributed by atoms with Gasteiger partial charge in [-0.2, -0.15) is 5.10 Å². The average molecular weight is 238 g/mol. The second kappa shape index (κ2) is 5.72. The Morgan fingerprint density at radius 1 is 1.22 bits per heavy atom. The van der Waals surface area contributed by atoms with Crippen LogP contribution in [0.5, 0.6) is 0 Å². The topological polar surface area (TPSA) is 65.4 Å². The number of hydrogen-bond acceptors (Lipinski definition) is 3. The number of hydrogen-bond donors (Lipinski definition) is 2. The van der Waals surface area contributed by atoms with E-state index in [0.29, 0.717) is 5.82 Å². The summed E-state index contributed by atoms with van der Waals surface area (Å²) in [5.41, 5.74) is 1.96. The minimum atomic E-state index is 0.670. The molecule has 90 valence electrons. The maximum absolute atomic E-state index is 6.89. The second-order valence-corrected chi connectivity index (χ2v) is 3.77. The molecule has 0 fully saturated rings. The van der Waals surface area contributed by atoms with Gasteiger partial charge in [-0.05, 0) is 18.6 Å². The first-order chi connectivity index (χ1) is 8.81. The Kier molecular flexibility index (Phi) is 3.81. The van der Waals surface area contributed by atoms with Crippen molar-refractivity contribution in [2.24, 2.45) is 0 Å². The Morgan fingerprint density at radius 3 is 2.72 bits per heavy atom. The third-order valence-corrected chi connectivity index (χ3v) is 2.44. The van der Waals surface area contributed by atoms with Crippen LogP contribution in [0.15, 0.2) is 48.6 Å². The van der Waals surface area contributed by atoms with Crippen molar-refractivity contribution in [2.75, 3.05) is 0 Å². The Labute approximate surface area is 106 Å². The summed E-state index contributed by atoms with van der Waals surface area (Å²) >= 11 is 0. The number of H-pyrrole nitrogens is 1. The molecule has 0 saturated carbocycles. The van der Waals surface area contributed by atoms with E-state index in [1.807, 2.05) is 43.3 Å². The van der Waals surface area contributed by atoms with E-state index in [4.69, 9.17) is 5.41 Å². The number of benzene rings is 1. The molecule has 2 N–H and O–H groups in total. The predicted octanol–water partition coefficient (Wildman–Crippen LogP) is 3.08. The summed E-state index contributed by atoms with van der Waals surface area (Å²) in [5, 5.41) is 14.0. The van der Waals surface area contributed by atoms with E-state index >= 15 is 0 Å². The fourth-order valence-corrected chi connectivity index (χ4v) is 1.49. The largest absolute Gasteiger partial charge is 0.309 e. The third-order valence-electron chi connectivity index (χ3n) is 2.44. The molecule has 0 aliphatic carbocycles. The van der Waals surface area contributed by atoms with E-state index < -0.39 is 0 Å². The predicted molar refractivity (Wildman–Crippen MR) is 73.4 cm³/mol. The monoisotopic (exact) mass is 238 g/mol. The van der Waals surface area contributed by atoms with Crippen molar-refractivity contribution in [2.45, 2.75) is 6.92 Å². The van der Waals surface area contributed by atoms with Crippen LogP contribution in [0.3, 0.4) is 0 Å². The summed E-state index contributed by atoms with van der Waals surface area (Å²) < 4.78 is 0. The number of nitrogens with one attached hydrogen (secondary N) is 2. The molecule has 1 aromatic carbocycles. The molecule has 0 radical (unpaired) electrons. The highest BCUT2D eigenvalue weighted by Gasteiger charge is 2.05. The van der Waals surface area contributed by atoms with E-state index in [0.717, 1.165) is 17.0 Å². The van der Waals surface area contributed by atoms with Crippen LogP contribution < -0.4 is 0 Å². The van der Waals surface area contributed by atoms with Gasteiger partial charge >= 0.3 is 0 Å². The zero-order valence-electron chi connectivity index (χ0n) is 10.1. The minimum absolute atomic E-state index is 0.670. The number of nitrogens with zero attached hydrogens (tertiary/aromatic N) is 2. The molecule has 0 amide bonds. The molecule has 4 nitrogen and oxygen atoms in total. The van der Waals surface area contributed by atoms with Crippen molar-refractivity contribution in [1.82, 2.24) is 15.2 Å². The van der Waals surface area contributed by atoms with Crippen LogP contribution in [0, 0.1) is 5.41 Å². The highest BCUT2D eigenvalue weighted by Crippen LogP contribution is 2.16. The maximum atomic E-state index is 6.89. The lowest BCUT2D eigenvalue weighted by Crippen LogP contribution is -1.82. The molecule has 0 atom stereocenters. The van der Waals surface area contributed by atoms with Gasteiger partial charge in [0, 0.05) is 11.8 Å². The standard InChI is InChI=1S/C14H14N4/c1-11(7-5-6-10-15)13-16-14(18-17-13)12-8-3-2-4-9-12/h2-10,15H,1H3,(H,16,17,18)/b6-5-,11-7+,15-10?. The fourth-order valence-electron chi connectivity index (χ4n) is 1.49. The van der Waals surface area contributed by atoms with Crippen molar-refractivity contribution in [3.63, 3.8) is 0 Å². The van der Waals surface area contributed by atoms with Gasteiger partial charge in [0.25, 0.3) is 0 Å². The van der Waals surface area contributed by atoms with Crippen molar-refractivity contribution in [1.29, 1.82) is 5.41 Å². The molecule has 0 bridgehead atoms. The summed E-state index contributed by atoms with van der Waals surface area (Å²) in [6.07, 6.45) is 6.55. The van der Waals surface area contributed by atoms with Crippen LogP contribution in [0.1, 0.15) is 12.7 Å². The van der Waals surface area contributed by atoms with Gasteiger partial charge in [-0.3, -0.25) is 5.10 Å². The van der Waals surface area contributed by atoms with Gasteiger partial charge in [0.2, 0.25) is 0 Å². The summed E-state index contributed by atoms with van der Waals surface area (Å²) in [7, 11) is 0. The van der Waals surface area contributed by atoms with Crippen molar-refractivity contribution in [3.05, 3.63) is 54.4 Å². The van der Waals surface area contributed by atoms with Gasteiger partial charge < -0.3 is 5.41 Å². The maximum Gasteiger partial charge on any atom is 0.177 e. The second-order valence-electron chi connectivity index (χ2n) is 3.77. The average Bonchev–Trinajstić information content (AvgIpc) is 2.89. The van der Waals surface area contributed by atoms with Gasteiger partial charge in [-0.1, -0.05) is 42.5 Å². The van der Waals surface area contributed by atoms with Gasteiger partial charge in [0.05, 0.1) is 0 Å². The van der Waals surface area contributed by atoms with Crippen LogP contribution in [0.4, 0.5) is 0 Å². The van der Waals surface area contributed by atoms with E-state index in [-0.39, 0.29) is 0 Å². The first-order valence-electron chi connectivity index (χ1n) is 5.63. The summed E-state index contributed by atoms with van der Waals surface area (Å²) in [5.74, 6) is 1.43. The van der Waals surface area contributed by atoms with Crippen LogP contribution in [-0.4, -0.2) is 21.4 Å². The highest BCUT2D eigenvalue weighted by molar-refractivity contribution is 5.70. The molecule has 0 unspecified atom stereocenters. The summed E-state index contributed by atoms with van der Waals surface area (Å²) in [6.45, 7) is 1.94. The van der Waals surface area contributed by atoms with Crippen LogP contribution in [0.2, 0.25) is 0 Å². The first-order valence-corrected chi connectivity index (χ1v) is 5.63. The molecule has 0 spiro atoms. The van der Waals surface area contributed by atoms with E-state index in [9.17, 15) is 0 Å². The molecule has 1 heterocycles. The Balaban J connectivity index is 2.23. The zero-order chi connectivity index (χ0) is 12.8. The molecule has 0 aliphatic rings. The number of aromatic amines is 1. The van der Waals surface area contributed by atoms with E-state index in [1.54, 1.807) is 12.2 Å². The van der Waals surface area contributed by atoms with Gasteiger partial charge in [-0.25, -0.2) is 4.98 Å². The lowest BCUT2D eigenvalue weighted by Gasteiger charge is -1.93. The molecular formula is C14H14N4. The molecule has 0 aliphatic heterocycles. The molecule has 0 saturated heterocycles. The normalized spacial score (nSPS) is 11.9. The van der Waals surface area contributed by atoms with Crippen molar-refractivity contribution >= 4 is 11.8 Å². The van der Waals surface area contributed by atoms with Crippen LogP contribution in [-0.2, 0) is 0 Å². The van der Waals surface area contributed by atoms with Crippen molar-refractivity contribution in [3.8, 4) is 11.4 Å². The molecule has 2 aromatic rings. The highest BCUT2D eigenvalue weighted by atomic mass is 15.2. The Hall–Kier alpha value is -2.49. The molecule has 4 heteroatoms. The van der Waals surface area contributed by atoms with Gasteiger partial charge in [-0.15, -0.1) is 0 Å². The van der Waals surface area contributed by atoms with Crippen molar-refractivity contribution < 1.29 is 0 Å². The van der Waals surface area contributed by atoms with Gasteiger partial charge in [0.15, 0.2) is 11.6 Å². The van der Waals surface area contributed by atoms with Gasteiger partial charge in [0.1, 0.15) is 0 Å². The molecular weight excluding hydrogens is 224 g/mol. The molecule has 18 heavy (non-hydrogen) atoms. The van der Waals surface area contributed by atoms with Crippen LogP contribution in [0.25, 0.3) is 17.0 Å². The van der Waals surface area contributed by atoms with E-state index in [1.165, 1.54) is 6.21 Å². The van der Waals surface area contributed by atoms with E-state index in [2.05, 4.69) is 15.2 Å². The number of allylic oxidation sites excluding steroid dienone is 4. The lowest BCUT2D eigenvalue weighted by atomic mass is 10.2. The Morgan fingerprint density at radius 2 is 2.00 bits per heavy atom. The first kappa shape index (κ1) is 12.0. The summed E-state index contributed by atoms with van der Waals surface area (Å²) in [4.78, 5) is 4.43. The minimum Gasteiger partial charge on any atom is -0.309 e. The quantitative estimate of drug-likeness (QED) is 0.635. The molecule has 2 rings (SSSR count). The zero-order valence-corrected chi connectivity index (χ0v) is 10.1. The SMILES string of the molecule is C/C(=C\C=C/C=N)c1n[nH]c(-c2ccccc2)n1. The third kappa shape index (κ3) is 2.79.